The average Bonchev–Trinajstić information content (AvgIpc) is 2.86. The highest BCUT2D eigenvalue weighted by Crippen LogP contribution is 2.33. The fourth-order valence-electron chi connectivity index (χ4n) is 2.52. The molecule has 1 aliphatic rings. The molecule has 0 spiro atoms. The molecule has 0 aromatic heterocycles. The van der Waals surface area contributed by atoms with E-state index in [1.165, 1.54) is 0 Å². The third-order valence-electron chi connectivity index (χ3n) is 3.74. The number of hydrogen-bond donors (Lipinski definition) is 0. The van der Waals surface area contributed by atoms with Crippen molar-refractivity contribution >= 4 is 58.1 Å². The summed E-state index contributed by atoms with van der Waals surface area (Å²) < 4.78 is 0. The Hall–Kier alpha value is -2.08. The Labute approximate surface area is 165 Å². The Morgan fingerprint density at radius 1 is 1.08 bits per heavy atom. The Morgan fingerprint density at radius 2 is 1.77 bits per heavy atom. The van der Waals surface area contributed by atoms with E-state index in [-0.39, 0.29) is 23.9 Å². The van der Waals surface area contributed by atoms with Gasteiger partial charge < -0.3 is 9.74 Å². The highest BCUT2D eigenvalue weighted by molar-refractivity contribution is 6.54. The van der Waals surface area contributed by atoms with E-state index < -0.39 is 5.97 Å². The number of nitrogens with zero attached hydrogens (tertiary/aromatic N) is 2. The maximum absolute atomic E-state index is 12.8. The van der Waals surface area contributed by atoms with Crippen LogP contribution in [-0.2, 0) is 21.0 Å². The molecule has 3 rings (SSSR count). The lowest BCUT2D eigenvalue weighted by molar-refractivity contribution is -0.143. The molecule has 134 valence electrons. The fourth-order valence-corrected chi connectivity index (χ4v) is 2.98. The Kier molecular flexibility index (Phi) is 5.81. The monoisotopic (exact) mass is 410 g/mol. The summed E-state index contributed by atoms with van der Waals surface area (Å²) >= 11 is 17.4. The molecule has 1 heterocycles. The van der Waals surface area contributed by atoms with Crippen molar-refractivity contribution in [1.82, 2.24) is 0 Å². The van der Waals surface area contributed by atoms with Gasteiger partial charge in [-0.1, -0.05) is 40.5 Å². The highest BCUT2D eigenvalue weighted by atomic mass is 35.5. The van der Waals surface area contributed by atoms with Gasteiger partial charge in [0.1, 0.15) is 0 Å². The third kappa shape index (κ3) is 4.01. The van der Waals surface area contributed by atoms with Crippen LogP contribution in [0.1, 0.15) is 17.5 Å². The van der Waals surface area contributed by atoms with E-state index in [9.17, 15) is 9.59 Å². The van der Waals surface area contributed by atoms with Crippen molar-refractivity contribution in [3.63, 3.8) is 0 Å². The third-order valence-corrected chi connectivity index (χ3v) is 4.42. The van der Waals surface area contributed by atoms with Gasteiger partial charge in [-0.05, 0) is 35.9 Å². The van der Waals surface area contributed by atoms with Gasteiger partial charge in [0.2, 0.25) is 0 Å². The van der Waals surface area contributed by atoms with Crippen molar-refractivity contribution in [1.29, 1.82) is 0 Å². The molecule has 1 aliphatic heterocycles. The maximum Gasteiger partial charge on any atom is 0.336 e. The number of alkyl halides is 1. The number of anilines is 1. The first-order chi connectivity index (χ1) is 12.5. The summed E-state index contributed by atoms with van der Waals surface area (Å²) in [7, 11) is 0. The minimum atomic E-state index is -0.611. The van der Waals surface area contributed by atoms with Crippen LogP contribution in [0.15, 0.2) is 47.6 Å². The summed E-state index contributed by atoms with van der Waals surface area (Å²) in [6.45, 7) is 0.319. The molecule has 0 N–H and O–H groups in total. The van der Waals surface area contributed by atoms with Crippen molar-refractivity contribution in [2.24, 2.45) is 5.16 Å². The molecule has 26 heavy (non-hydrogen) atoms. The van der Waals surface area contributed by atoms with Crippen LogP contribution >= 0.6 is 34.8 Å². The number of halogens is 3. The van der Waals surface area contributed by atoms with Gasteiger partial charge in [0.05, 0.1) is 18.7 Å². The normalized spacial score (nSPS) is 14.7. The van der Waals surface area contributed by atoms with Gasteiger partial charge in [-0.3, -0.25) is 4.79 Å². The second-order valence-corrected chi connectivity index (χ2v) is 6.77. The SMILES string of the molecule is O=C(CCCl)ON=C1C(=O)N(Cc2ccc(Cl)cc2)c2ccc(Cl)cc21. The molecule has 0 atom stereocenters. The van der Waals surface area contributed by atoms with Crippen LogP contribution in [0.3, 0.4) is 0 Å². The average molecular weight is 412 g/mol. The van der Waals surface area contributed by atoms with E-state index in [1.807, 2.05) is 12.1 Å². The van der Waals surface area contributed by atoms with Crippen LogP contribution in [0, 0.1) is 0 Å². The Balaban J connectivity index is 1.92. The molecule has 1 amide bonds. The second-order valence-electron chi connectivity index (χ2n) is 5.52. The van der Waals surface area contributed by atoms with Crippen LogP contribution in [-0.4, -0.2) is 23.5 Å². The molecule has 2 aromatic rings. The number of benzene rings is 2. The van der Waals surface area contributed by atoms with Crippen LogP contribution in [0.2, 0.25) is 10.0 Å². The lowest BCUT2D eigenvalue weighted by Crippen LogP contribution is -2.29. The molecule has 0 unspecified atom stereocenters. The molecule has 5 nitrogen and oxygen atoms in total. The highest BCUT2D eigenvalue weighted by Gasteiger charge is 2.35. The first-order valence-electron chi connectivity index (χ1n) is 7.69. The van der Waals surface area contributed by atoms with E-state index in [1.54, 1.807) is 35.2 Å². The maximum atomic E-state index is 12.8. The molecular weight excluding hydrogens is 399 g/mol. The molecular formula is C18H13Cl3N2O3. The largest absolute Gasteiger partial charge is 0.336 e. The quantitative estimate of drug-likeness (QED) is 0.416. The number of carbonyl (C=O) groups excluding carboxylic acids is 2. The minimum Gasteiger partial charge on any atom is -0.317 e. The number of carbonyl (C=O) groups is 2. The van der Waals surface area contributed by atoms with Crippen molar-refractivity contribution in [2.75, 3.05) is 10.8 Å². The van der Waals surface area contributed by atoms with Gasteiger partial charge in [-0.25, -0.2) is 4.79 Å². The van der Waals surface area contributed by atoms with Crippen molar-refractivity contribution in [3.8, 4) is 0 Å². The number of fused-ring (bicyclic) bond motifs is 1. The van der Waals surface area contributed by atoms with Crippen molar-refractivity contribution in [3.05, 3.63) is 63.6 Å². The summed E-state index contributed by atoms with van der Waals surface area (Å²) in [5, 5.41) is 4.81. The first kappa shape index (κ1) is 18.7. The molecule has 0 fully saturated rings. The summed E-state index contributed by atoms with van der Waals surface area (Å²) in [6, 6.07) is 12.2. The molecule has 0 saturated heterocycles. The standard InChI is InChI=1S/C18H13Cl3N2O3/c19-8-7-16(24)26-22-17-14-9-13(21)5-6-15(14)23(18(17)25)10-11-1-3-12(20)4-2-11/h1-6,9H,7-8,10H2. The zero-order valence-corrected chi connectivity index (χ0v) is 15.7. The van der Waals surface area contributed by atoms with E-state index in [0.29, 0.717) is 27.8 Å². The molecule has 0 saturated carbocycles. The minimum absolute atomic E-state index is 0.00339. The van der Waals surface area contributed by atoms with Crippen molar-refractivity contribution in [2.45, 2.75) is 13.0 Å². The van der Waals surface area contributed by atoms with Gasteiger partial charge in [0.15, 0.2) is 5.71 Å². The van der Waals surface area contributed by atoms with E-state index in [2.05, 4.69) is 5.16 Å². The van der Waals surface area contributed by atoms with Crippen LogP contribution in [0.4, 0.5) is 5.69 Å². The van der Waals surface area contributed by atoms with Gasteiger partial charge in [-0.15, -0.1) is 11.6 Å². The zero-order chi connectivity index (χ0) is 18.7. The van der Waals surface area contributed by atoms with Crippen LogP contribution in [0.25, 0.3) is 0 Å². The predicted octanol–water partition coefficient (Wildman–Crippen LogP) is 4.42. The van der Waals surface area contributed by atoms with Crippen molar-refractivity contribution < 1.29 is 14.4 Å². The fraction of sp³-hybridized carbons (Fsp3) is 0.167. The zero-order valence-electron chi connectivity index (χ0n) is 13.4. The van der Waals surface area contributed by atoms with Gasteiger partial charge in [0.25, 0.3) is 5.91 Å². The number of rotatable bonds is 5. The number of oxime groups is 1. The lowest BCUT2D eigenvalue weighted by atomic mass is 10.1. The van der Waals surface area contributed by atoms with Gasteiger partial charge in [-0.2, -0.15) is 0 Å². The van der Waals surface area contributed by atoms with E-state index in [0.717, 1.165) is 5.56 Å². The van der Waals surface area contributed by atoms with Gasteiger partial charge in [0, 0.05) is 21.5 Å². The molecule has 0 bridgehead atoms. The first-order valence-corrected chi connectivity index (χ1v) is 8.98. The molecule has 0 aliphatic carbocycles. The predicted molar refractivity (Wildman–Crippen MR) is 102 cm³/mol. The Bertz CT molecular complexity index is 882. The molecule has 2 aromatic carbocycles. The molecule has 8 heteroatoms. The number of amides is 1. The smallest absolute Gasteiger partial charge is 0.317 e. The summed E-state index contributed by atoms with van der Waals surface area (Å²) in [6.07, 6.45) is 0.00339. The second kappa shape index (κ2) is 8.08. The van der Waals surface area contributed by atoms with E-state index >= 15 is 0 Å². The summed E-state index contributed by atoms with van der Waals surface area (Å²) in [5.41, 5.74) is 2.07. The topological polar surface area (TPSA) is 59.0 Å². The van der Waals surface area contributed by atoms with Crippen LogP contribution in [0.5, 0.6) is 0 Å². The van der Waals surface area contributed by atoms with E-state index in [4.69, 9.17) is 39.6 Å². The van der Waals surface area contributed by atoms with Crippen LogP contribution < -0.4 is 4.90 Å². The summed E-state index contributed by atoms with van der Waals surface area (Å²) in [4.78, 5) is 30.7. The van der Waals surface area contributed by atoms with Gasteiger partial charge >= 0.3 is 5.97 Å². The summed E-state index contributed by atoms with van der Waals surface area (Å²) in [5.74, 6) is -0.876. The Morgan fingerprint density at radius 3 is 2.46 bits per heavy atom. The number of hydrogen-bond acceptors (Lipinski definition) is 4. The molecule has 0 radical (unpaired) electrons. The lowest BCUT2D eigenvalue weighted by Gasteiger charge is -2.17.